The van der Waals surface area contributed by atoms with Crippen LogP contribution < -0.4 is 63.8 Å². The number of rotatable bonds is 17. The van der Waals surface area contributed by atoms with E-state index in [2.05, 4.69) is 58.5 Å². The standard InChI is InChI=1S/C9H19N3O2.C7H15N3O4.2C6H13N3O2/c1-9(2,3)12-8(14)5-7(13)11-6-10-4;1-7(13,14)10-6(12)3-5(11)9-4-8-2;2*1-7-4-9-6(11)3-5(10)8-2/h10H,5-6H2,1-4H3,(H,11,13)(H,12,14);8,13-14H,3-4H2,1-2H3,(H,9,11)(H,10,12);2*7H,3-4H2,1-2H3,(H,8,10)(H,9,11). The van der Waals surface area contributed by atoms with Gasteiger partial charge in [0.2, 0.25) is 53.2 Å². The lowest BCUT2D eigenvalue weighted by molar-refractivity contribution is -0.177. The van der Waals surface area contributed by atoms with Crippen molar-refractivity contribution in [3.63, 3.8) is 0 Å². The van der Waals surface area contributed by atoms with Crippen molar-refractivity contribution in [3.8, 4) is 0 Å². The van der Waals surface area contributed by atoms with Crippen molar-refractivity contribution in [2.24, 2.45) is 0 Å². The highest BCUT2D eigenvalue weighted by molar-refractivity contribution is 5.98. The second-order valence-electron chi connectivity index (χ2n) is 10.9. The number of hydrogen-bond donors (Lipinski definition) is 14. The van der Waals surface area contributed by atoms with Crippen LogP contribution in [0.4, 0.5) is 0 Å². The summed E-state index contributed by atoms with van der Waals surface area (Å²) in [5.74, 6) is -5.20. The average Bonchev–Trinajstić information content (AvgIpc) is 2.99. The highest BCUT2D eigenvalue weighted by atomic mass is 16.5. The fraction of sp³-hybridized carbons (Fsp3) is 0.714. The number of hydrogen-bond acceptors (Lipinski definition) is 14. The summed E-state index contributed by atoms with van der Waals surface area (Å²) in [5, 5.41) is 47.5. The van der Waals surface area contributed by atoms with Crippen molar-refractivity contribution in [1.82, 2.24) is 63.8 Å². The maximum atomic E-state index is 11.2. The Bertz CT molecular complexity index is 952. The lowest BCUT2D eigenvalue weighted by Crippen LogP contribution is -2.47. The lowest BCUT2D eigenvalue weighted by Gasteiger charge is -2.20. The smallest absolute Gasteiger partial charge is 0.243 e. The molecule has 0 aromatic rings. The number of nitrogens with one attached hydrogen (secondary N) is 12. The summed E-state index contributed by atoms with van der Waals surface area (Å²) in [5.41, 5.74) is -0.291. The van der Waals surface area contributed by atoms with Gasteiger partial charge < -0.3 is 74.0 Å². The maximum absolute atomic E-state index is 11.2. The van der Waals surface area contributed by atoms with Crippen LogP contribution in [0.2, 0.25) is 0 Å². The van der Waals surface area contributed by atoms with Crippen molar-refractivity contribution >= 4 is 47.3 Å². The molecule has 0 heterocycles. The molecule has 50 heavy (non-hydrogen) atoms. The molecule has 0 aromatic heterocycles. The summed E-state index contributed by atoms with van der Waals surface area (Å²) in [6, 6.07) is 0. The molecular formula is C28H60N12O10. The van der Waals surface area contributed by atoms with Crippen molar-refractivity contribution in [1.29, 1.82) is 0 Å². The van der Waals surface area contributed by atoms with Gasteiger partial charge in [0.25, 0.3) is 0 Å². The molecule has 22 heteroatoms. The highest BCUT2D eigenvalue weighted by Gasteiger charge is 2.20. The fourth-order valence-corrected chi connectivity index (χ4v) is 2.53. The van der Waals surface area contributed by atoms with E-state index in [9.17, 15) is 38.4 Å². The Morgan fingerprint density at radius 2 is 0.640 bits per heavy atom. The topological polar surface area (TPSA) is 321 Å². The molecule has 0 aromatic carbocycles. The number of amides is 8. The molecular weight excluding hydrogens is 664 g/mol. The molecule has 0 aliphatic heterocycles. The SMILES string of the molecule is CNCNC(=O)CC(=O)NC.CNCNC(=O)CC(=O)NC.CNCNC(=O)CC(=O)NC(C)(C)C.CNCNC(=O)CC(=O)NC(C)(O)O. The van der Waals surface area contributed by atoms with Gasteiger partial charge in [-0.2, -0.15) is 0 Å². The van der Waals surface area contributed by atoms with Crippen LogP contribution in [-0.2, 0) is 38.4 Å². The first kappa shape index (κ1) is 52.3. The van der Waals surface area contributed by atoms with Gasteiger partial charge in [-0.1, -0.05) is 0 Å². The minimum atomic E-state index is -2.29. The molecule has 0 unspecified atom stereocenters. The highest BCUT2D eigenvalue weighted by Crippen LogP contribution is 1.98. The number of carbonyl (C=O) groups is 8. The quantitative estimate of drug-likeness (QED) is 0.0491. The number of carbonyl (C=O) groups excluding carboxylic acids is 8. The monoisotopic (exact) mass is 724 g/mol. The second-order valence-corrected chi connectivity index (χ2v) is 10.9. The third kappa shape index (κ3) is 45.6. The Hall–Kier alpha value is -4.48. The molecule has 0 fully saturated rings. The number of aliphatic hydroxyl groups is 2. The first-order valence-corrected chi connectivity index (χ1v) is 15.2. The first-order chi connectivity index (χ1) is 23.1. The second kappa shape index (κ2) is 31.8. The molecule has 0 spiro atoms. The van der Waals surface area contributed by atoms with Crippen LogP contribution >= 0.6 is 0 Å². The van der Waals surface area contributed by atoms with Crippen molar-refractivity contribution in [2.75, 3.05) is 69.0 Å². The zero-order valence-electron chi connectivity index (χ0n) is 30.8. The lowest BCUT2D eigenvalue weighted by atomic mass is 10.1. The molecule has 0 saturated heterocycles. The minimum Gasteiger partial charge on any atom is -0.359 e. The van der Waals surface area contributed by atoms with Gasteiger partial charge in [0, 0.05) is 26.6 Å². The van der Waals surface area contributed by atoms with Gasteiger partial charge in [0.05, 0.1) is 26.7 Å². The van der Waals surface area contributed by atoms with Gasteiger partial charge in [-0.3, -0.25) is 38.4 Å². The van der Waals surface area contributed by atoms with Gasteiger partial charge in [-0.05, 0) is 49.0 Å². The normalized spacial score (nSPS) is 10.0. The summed E-state index contributed by atoms with van der Waals surface area (Å²) in [6.07, 6.45) is -0.798. The zero-order valence-corrected chi connectivity index (χ0v) is 30.8. The first-order valence-electron chi connectivity index (χ1n) is 15.2. The molecule has 0 atom stereocenters. The van der Waals surface area contributed by atoms with E-state index in [1.165, 1.54) is 14.1 Å². The van der Waals surface area contributed by atoms with Crippen LogP contribution in [0.5, 0.6) is 0 Å². The molecule has 0 saturated carbocycles. The summed E-state index contributed by atoms with van der Waals surface area (Å²) < 4.78 is 0. The van der Waals surface area contributed by atoms with Crippen LogP contribution in [0.15, 0.2) is 0 Å². The van der Waals surface area contributed by atoms with Crippen LogP contribution in [-0.4, -0.2) is 138 Å². The minimum absolute atomic E-state index is 0.113. The largest absolute Gasteiger partial charge is 0.359 e. The summed E-state index contributed by atoms with van der Waals surface area (Å²) in [7, 11) is 9.76. The molecule has 8 amide bonds. The Balaban J connectivity index is -0.000000284. The van der Waals surface area contributed by atoms with E-state index in [0.717, 1.165) is 6.92 Å². The van der Waals surface area contributed by atoms with E-state index < -0.39 is 24.1 Å². The molecule has 0 rings (SSSR count). The molecule has 14 N–H and O–H groups in total. The molecule has 0 bridgehead atoms. The Morgan fingerprint density at radius 3 is 0.840 bits per heavy atom. The fourth-order valence-electron chi connectivity index (χ4n) is 2.53. The van der Waals surface area contributed by atoms with E-state index >= 15 is 0 Å². The Labute approximate surface area is 293 Å². The molecule has 0 radical (unpaired) electrons. The van der Waals surface area contributed by atoms with Crippen molar-refractivity contribution in [3.05, 3.63) is 0 Å². The van der Waals surface area contributed by atoms with Gasteiger partial charge >= 0.3 is 0 Å². The molecule has 22 nitrogen and oxygen atoms in total. The molecule has 0 aliphatic carbocycles. The average molecular weight is 725 g/mol. The van der Waals surface area contributed by atoms with E-state index in [0.29, 0.717) is 20.0 Å². The van der Waals surface area contributed by atoms with Crippen LogP contribution in [0.1, 0.15) is 53.4 Å². The predicted molar refractivity (Wildman–Crippen MR) is 184 cm³/mol. The van der Waals surface area contributed by atoms with Gasteiger partial charge in [0.1, 0.15) is 25.7 Å². The van der Waals surface area contributed by atoms with Crippen LogP contribution in [0, 0.1) is 0 Å². The zero-order chi connectivity index (χ0) is 39.8. The Morgan fingerprint density at radius 1 is 0.400 bits per heavy atom. The van der Waals surface area contributed by atoms with E-state index in [-0.39, 0.29) is 66.9 Å². The van der Waals surface area contributed by atoms with Gasteiger partial charge in [0.15, 0.2) is 0 Å². The van der Waals surface area contributed by atoms with Crippen molar-refractivity contribution < 1.29 is 48.6 Å². The maximum Gasteiger partial charge on any atom is 0.243 e. The summed E-state index contributed by atoms with van der Waals surface area (Å²) in [4.78, 5) is 86.9. The third-order valence-electron chi connectivity index (χ3n) is 4.58. The van der Waals surface area contributed by atoms with E-state index in [1.807, 2.05) is 26.1 Å². The summed E-state index contributed by atoms with van der Waals surface area (Å²) in [6.45, 7) is 7.99. The van der Waals surface area contributed by atoms with E-state index in [4.69, 9.17) is 10.2 Å². The van der Waals surface area contributed by atoms with Crippen LogP contribution in [0.3, 0.4) is 0 Å². The molecule has 0 aliphatic rings. The predicted octanol–water partition coefficient (Wildman–Crippen LogP) is -6.14. The van der Waals surface area contributed by atoms with E-state index in [1.54, 1.807) is 28.2 Å². The van der Waals surface area contributed by atoms with Crippen molar-refractivity contribution in [2.45, 2.75) is 64.8 Å². The third-order valence-corrected chi connectivity index (χ3v) is 4.58. The van der Waals surface area contributed by atoms with Gasteiger partial charge in [-0.25, -0.2) is 0 Å². The molecule has 292 valence electrons. The summed E-state index contributed by atoms with van der Waals surface area (Å²) >= 11 is 0. The van der Waals surface area contributed by atoms with Gasteiger partial charge in [-0.15, -0.1) is 0 Å². The van der Waals surface area contributed by atoms with Crippen LogP contribution in [0.25, 0.3) is 0 Å². The Kier molecular flexibility index (Phi) is 33.3.